The Bertz CT molecular complexity index is 1030. The summed E-state index contributed by atoms with van der Waals surface area (Å²) in [5.41, 5.74) is 1.70. The van der Waals surface area contributed by atoms with Crippen molar-refractivity contribution in [3.63, 3.8) is 0 Å². The monoisotopic (exact) mass is 370 g/mol. The van der Waals surface area contributed by atoms with E-state index >= 15 is 0 Å². The second-order valence-electron chi connectivity index (χ2n) is 6.12. The molecular weight excluding hydrogens is 352 g/mol. The summed E-state index contributed by atoms with van der Waals surface area (Å²) >= 11 is 0. The summed E-state index contributed by atoms with van der Waals surface area (Å²) < 4.78 is 11.9. The Morgan fingerprint density at radius 2 is 1.85 bits per heavy atom. The van der Waals surface area contributed by atoms with Crippen LogP contribution in [0.25, 0.3) is 5.82 Å². The number of Topliss-reactive ketones (excluding diaryl/α,β-unsaturated/α-hetero) is 1. The number of ether oxygens (including phenoxy) is 1. The fraction of sp³-hybridized carbons (Fsp3) is 0.211. The molecule has 3 rings (SSSR count). The number of esters is 1. The third-order valence-electron chi connectivity index (χ3n) is 4.11. The molecule has 2 N–H and O–H groups in total. The van der Waals surface area contributed by atoms with Crippen LogP contribution in [0, 0.1) is 20.8 Å². The topological polar surface area (TPSA) is 115 Å². The molecule has 0 aliphatic rings. The van der Waals surface area contributed by atoms with Gasteiger partial charge in [0.25, 0.3) is 0 Å². The number of nitrogens with zero attached hydrogens (tertiary/aromatic N) is 2. The zero-order chi connectivity index (χ0) is 19.7. The molecule has 0 saturated heterocycles. The number of hydrogen-bond donors (Lipinski definition) is 2. The fourth-order valence-corrected chi connectivity index (χ4v) is 2.84. The van der Waals surface area contributed by atoms with Gasteiger partial charge in [-0.25, -0.2) is 4.79 Å². The highest BCUT2D eigenvalue weighted by Gasteiger charge is 2.21. The van der Waals surface area contributed by atoms with Crippen molar-refractivity contribution in [2.45, 2.75) is 20.8 Å². The molecule has 2 heterocycles. The van der Waals surface area contributed by atoms with Gasteiger partial charge in [-0.15, -0.1) is 0 Å². The summed E-state index contributed by atoms with van der Waals surface area (Å²) in [6.07, 6.45) is 0. The van der Waals surface area contributed by atoms with Crippen molar-refractivity contribution < 1.29 is 29.1 Å². The Balaban J connectivity index is 1.76. The van der Waals surface area contributed by atoms with Gasteiger partial charge in [-0.2, -0.15) is 0 Å². The second-order valence-corrected chi connectivity index (χ2v) is 6.12. The van der Waals surface area contributed by atoms with Gasteiger partial charge in [0.2, 0.25) is 5.78 Å². The number of carbonyl (C=O) groups excluding carboxylic acids is 2. The van der Waals surface area contributed by atoms with Crippen molar-refractivity contribution >= 4 is 11.8 Å². The Morgan fingerprint density at radius 1 is 1.11 bits per heavy atom. The molecular formula is C19H18N2O6. The lowest BCUT2D eigenvalue weighted by molar-refractivity contribution is 0.0471. The highest BCUT2D eigenvalue weighted by atomic mass is 16.5. The Hall–Kier alpha value is -3.55. The first kappa shape index (κ1) is 18.2. The number of phenolic OH excluding ortho intramolecular Hbond substituents is 2. The summed E-state index contributed by atoms with van der Waals surface area (Å²) in [6, 6.07) is 6.92. The van der Waals surface area contributed by atoms with E-state index in [2.05, 4.69) is 5.16 Å². The van der Waals surface area contributed by atoms with Crippen molar-refractivity contribution in [1.82, 2.24) is 9.72 Å². The van der Waals surface area contributed by atoms with Gasteiger partial charge in [0.15, 0.2) is 12.4 Å². The molecule has 8 heteroatoms. The summed E-state index contributed by atoms with van der Waals surface area (Å²) in [5.74, 6) is -0.647. The average molecular weight is 370 g/mol. The number of aromatic hydroxyl groups is 2. The van der Waals surface area contributed by atoms with Crippen LogP contribution >= 0.6 is 0 Å². The van der Waals surface area contributed by atoms with Crippen molar-refractivity contribution in [2.24, 2.45) is 0 Å². The molecule has 0 amide bonds. The Kier molecular flexibility index (Phi) is 4.72. The van der Waals surface area contributed by atoms with E-state index in [1.165, 1.54) is 12.1 Å². The zero-order valence-corrected chi connectivity index (χ0v) is 15.0. The molecule has 8 nitrogen and oxygen atoms in total. The van der Waals surface area contributed by atoms with Crippen LogP contribution in [0.15, 0.2) is 34.9 Å². The molecule has 27 heavy (non-hydrogen) atoms. The molecule has 0 aliphatic heterocycles. The molecule has 0 unspecified atom stereocenters. The Labute approximate surface area is 154 Å². The van der Waals surface area contributed by atoms with Gasteiger partial charge in [-0.05, 0) is 39.0 Å². The predicted octanol–water partition coefficient (Wildman–Crippen LogP) is 2.84. The van der Waals surface area contributed by atoms with Gasteiger partial charge in [0, 0.05) is 29.1 Å². The average Bonchev–Trinajstić information content (AvgIpc) is 3.15. The van der Waals surface area contributed by atoms with Crippen LogP contribution in [0.5, 0.6) is 11.5 Å². The van der Waals surface area contributed by atoms with Gasteiger partial charge < -0.3 is 19.5 Å². The van der Waals surface area contributed by atoms with Crippen LogP contribution in [0.2, 0.25) is 0 Å². The smallest absolute Gasteiger partial charge is 0.342 e. The van der Waals surface area contributed by atoms with Crippen molar-refractivity contribution in [3.05, 3.63) is 58.6 Å². The van der Waals surface area contributed by atoms with Crippen LogP contribution in [0.4, 0.5) is 0 Å². The molecule has 140 valence electrons. The minimum atomic E-state index is -0.859. The standard InChI is InChI=1S/C19H18N2O6/c1-10-6-15(12(3)21(10)18-7-11(2)27-20-18)17(24)9-26-19(25)14-5-4-13(22)8-16(14)23/h4-8,22-23H,9H2,1-3H3. The van der Waals surface area contributed by atoms with E-state index in [4.69, 9.17) is 9.26 Å². The first-order chi connectivity index (χ1) is 12.8. The molecule has 0 aliphatic carbocycles. The number of carbonyl (C=O) groups is 2. The number of aryl methyl sites for hydroxylation is 2. The molecule has 0 spiro atoms. The largest absolute Gasteiger partial charge is 0.508 e. The summed E-state index contributed by atoms with van der Waals surface area (Å²) in [6.45, 7) is 4.88. The lowest BCUT2D eigenvalue weighted by Crippen LogP contribution is -2.15. The normalized spacial score (nSPS) is 10.8. The quantitative estimate of drug-likeness (QED) is 0.524. The minimum Gasteiger partial charge on any atom is -0.508 e. The van der Waals surface area contributed by atoms with Crippen molar-refractivity contribution in [1.29, 1.82) is 0 Å². The molecule has 1 aromatic carbocycles. The van der Waals surface area contributed by atoms with Gasteiger partial charge in [0.1, 0.15) is 22.8 Å². The van der Waals surface area contributed by atoms with Gasteiger partial charge >= 0.3 is 5.97 Å². The van der Waals surface area contributed by atoms with Gasteiger partial charge in [-0.1, -0.05) is 5.16 Å². The van der Waals surface area contributed by atoms with Crippen molar-refractivity contribution in [2.75, 3.05) is 6.61 Å². The molecule has 0 atom stereocenters. The third-order valence-corrected chi connectivity index (χ3v) is 4.11. The third kappa shape index (κ3) is 3.55. The summed E-state index contributed by atoms with van der Waals surface area (Å²) in [7, 11) is 0. The predicted molar refractivity (Wildman–Crippen MR) is 94.4 cm³/mol. The molecule has 0 radical (unpaired) electrons. The van der Waals surface area contributed by atoms with Crippen LogP contribution in [-0.4, -0.2) is 38.3 Å². The number of benzene rings is 1. The Morgan fingerprint density at radius 3 is 2.48 bits per heavy atom. The first-order valence-electron chi connectivity index (χ1n) is 8.13. The number of ketones is 1. The second kappa shape index (κ2) is 6.99. The highest BCUT2D eigenvalue weighted by molar-refractivity contribution is 6.01. The number of rotatable bonds is 5. The number of hydrogen-bond acceptors (Lipinski definition) is 7. The van der Waals surface area contributed by atoms with Crippen LogP contribution < -0.4 is 0 Å². The summed E-state index contributed by atoms with van der Waals surface area (Å²) in [5, 5.41) is 22.9. The van der Waals surface area contributed by atoms with Crippen LogP contribution in [0.3, 0.4) is 0 Å². The molecule has 0 bridgehead atoms. The highest BCUT2D eigenvalue weighted by Crippen LogP contribution is 2.24. The van der Waals surface area contributed by atoms with E-state index < -0.39 is 18.3 Å². The van der Waals surface area contributed by atoms with E-state index in [-0.39, 0.29) is 17.1 Å². The lowest BCUT2D eigenvalue weighted by Gasteiger charge is -2.07. The van der Waals surface area contributed by atoms with E-state index in [0.717, 1.165) is 11.8 Å². The van der Waals surface area contributed by atoms with Crippen LogP contribution in [-0.2, 0) is 4.74 Å². The van der Waals surface area contributed by atoms with E-state index in [1.54, 1.807) is 30.5 Å². The molecule has 2 aromatic heterocycles. The number of phenols is 2. The van der Waals surface area contributed by atoms with Crippen LogP contribution in [0.1, 0.15) is 37.9 Å². The SMILES string of the molecule is Cc1cc(-n2c(C)cc(C(=O)COC(=O)c3ccc(O)cc3O)c2C)no1. The molecule has 0 saturated carbocycles. The maximum atomic E-state index is 12.5. The maximum Gasteiger partial charge on any atom is 0.342 e. The fourth-order valence-electron chi connectivity index (χ4n) is 2.84. The minimum absolute atomic E-state index is 0.135. The first-order valence-corrected chi connectivity index (χ1v) is 8.13. The van der Waals surface area contributed by atoms with Gasteiger partial charge in [0.05, 0.1) is 0 Å². The van der Waals surface area contributed by atoms with Gasteiger partial charge in [-0.3, -0.25) is 9.36 Å². The maximum absolute atomic E-state index is 12.5. The summed E-state index contributed by atoms with van der Waals surface area (Å²) in [4.78, 5) is 24.6. The zero-order valence-electron chi connectivity index (χ0n) is 15.0. The molecule has 0 fully saturated rings. The van der Waals surface area contributed by atoms with E-state index in [0.29, 0.717) is 22.8 Å². The van der Waals surface area contributed by atoms with Crippen molar-refractivity contribution in [3.8, 4) is 17.3 Å². The van der Waals surface area contributed by atoms with E-state index in [9.17, 15) is 19.8 Å². The van der Waals surface area contributed by atoms with E-state index in [1.807, 2.05) is 6.92 Å². The lowest BCUT2D eigenvalue weighted by atomic mass is 10.1. The molecule has 3 aromatic rings. The number of aromatic nitrogens is 2.